The van der Waals surface area contributed by atoms with Gasteiger partial charge in [-0.3, -0.25) is 10.1 Å². The van der Waals surface area contributed by atoms with Crippen molar-refractivity contribution in [3.05, 3.63) is 57.3 Å². The summed E-state index contributed by atoms with van der Waals surface area (Å²) in [5.74, 6) is 1.26. The number of benzene rings is 1. The number of nitrogens with one attached hydrogen (secondary N) is 2. The lowest BCUT2D eigenvalue weighted by atomic mass is 10.1. The summed E-state index contributed by atoms with van der Waals surface area (Å²) < 4.78 is 0. The summed E-state index contributed by atoms with van der Waals surface area (Å²) >= 11 is 2.88. The van der Waals surface area contributed by atoms with Gasteiger partial charge in [0, 0.05) is 38.8 Å². The minimum atomic E-state index is -0.144. The van der Waals surface area contributed by atoms with E-state index in [4.69, 9.17) is 15.0 Å². The van der Waals surface area contributed by atoms with Gasteiger partial charge in [0.25, 0.3) is 5.91 Å². The van der Waals surface area contributed by atoms with Crippen LogP contribution >= 0.6 is 22.7 Å². The molecule has 2 N–H and O–H groups in total. The Morgan fingerprint density at radius 2 is 1.94 bits per heavy atom. The Labute approximate surface area is 192 Å². The highest BCUT2D eigenvalue weighted by Crippen LogP contribution is 2.41. The number of para-hydroxylation sites is 1. The first-order valence-electron chi connectivity index (χ1n) is 10.6. The van der Waals surface area contributed by atoms with Crippen LogP contribution in [-0.2, 0) is 0 Å². The first-order chi connectivity index (χ1) is 15.5. The number of aromatic amines is 1. The van der Waals surface area contributed by atoms with Crippen molar-refractivity contribution in [2.75, 3.05) is 5.32 Å². The van der Waals surface area contributed by atoms with Crippen LogP contribution in [0.4, 0.5) is 5.13 Å². The molecule has 0 radical (unpaired) electrons. The van der Waals surface area contributed by atoms with Gasteiger partial charge >= 0.3 is 0 Å². The van der Waals surface area contributed by atoms with Gasteiger partial charge in [-0.25, -0.2) is 15.0 Å². The smallest absolute Gasteiger partial charge is 0.267 e. The number of anilines is 1. The van der Waals surface area contributed by atoms with E-state index in [2.05, 4.69) is 22.4 Å². The van der Waals surface area contributed by atoms with E-state index in [0.29, 0.717) is 15.9 Å². The fraction of sp³-hybridized carbons (Fsp3) is 0.250. The van der Waals surface area contributed by atoms with Gasteiger partial charge in [0.1, 0.15) is 10.7 Å². The average molecular weight is 460 g/mol. The van der Waals surface area contributed by atoms with Crippen molar-refractivity contribution in [3.63, 3.8) is 0 Å². The van der Waals surface area contributed by atoms with E-state index in [1.165, 1.54) is 22.7 Å². The van der Waals surface area contributed by atoms with Crippen molar-refractivity contribution >= 4 is 54.8 Å². The second-order valence-corrected chi connectivity index (χ2v) is 10.2. The molecule has 1 amide bonds. The molecule has 0 bridgehead atoms. The van der Waals surface area contributed by atoms with Crippen molar-refractivity contribution in [3.8, 4) is 11.3 Å². The molecule has 5 aromatic rings. The molecule has 1 fully saturated rings. The molecular weight excluding hydrogens is 438 g/mol. The summed E-state index contributed by atoms with van der Waals surface area (Å²) in [4.78, 5) is 32.3. The summed E-state index contributed by atoms with van der Waals surface area (Å²) in [7, 11) is 0. The molecule has 4 heterocycles. The number of hydrogen-bond donors (Lipinski definition) is 2. The highest BCUT2D eigenvalue weighted by atomic mass is 32.1. The molecule has 1 saturated carbocycles. The van der Waals surface area contributed by atoms with Crippen LogP contribution in [0.25, 0.3) is 32.4 Å². The van der Waals surface area contributed by atoms with E-state index in [-0.39, 0.29) is 5.91 Å². The molecule has 0 spiro atoms. The van der Waals surface area contributed by atoms with Gasteiger partial charge in [-0.1, -0.05) is 18.2 Å². The van der Waals surface area contributed by atoms with Gasteiger partial charge in [0.15, 0.2) is 5.13 Å². The van der Waals surface area contributed by atoms with Gasteiger partial charge in [0.2, 0.25) is 0 Å². The normalized spacial score (nSPS) is 13.8. The van der Waals surface area contributed by atoms with E-state index in [1.54, 1.807) is 0 Å². The first kappa shape index (κ1) is 19.6. The molecule has 0 saturated heterocycles. The van der Waals surface area contributed by atoms with Crippen LogP contribution in [0.3, 0.4) is 0 Å². The number of amides is 1. The maximum atomic E-state index is 13.1. The summed E-state index contributed by atoms with van der Waals surface area (Å²) in [6, 6.07) is 8.19. The fourth-order valence-corrected chi connectivity index (χ4v) is 6.14. The van der Waals surface area contributed by atoms with Gasteiger partial charge in [0.05, 0.1) is 16.3 Å². The van der Waals surface area contributed by atoms with Gasteiger partial charge < -0.3 is 4.98 Å². The summed E-state index contributed by atoms with van der Waals surface area (Å²) in [6.07, 6.45) is 2.32. The zero-order valence-corrected chi connectivity index (χ0v) is 19.6. The third kappa shape index (κ3) is 3.13. The molecule has 6 rings (SSSR count). The minimum absolute atomic E-state index is 0.144. The SMILES string of the molecule is Cc1[nH]c2ccccc2c1-c1csc(NC(=O)c2sc3nc(C4CC4)nc(C)c3c2C)n1. The number of carbonyl (C=O) groups is 1. The number of aryl methyl sites for hydroxylation is 3. The summed E-state index contributed by atoms with van der Waals surface area (Å²) in [6.45, 7) is 6.03. The number of thiophene rings is 1. The third-order valence-corrected chi connectivity index (χ3v) is 7.95. The predicted octanol–water partition coefficient (Wildman–Crippen LogP) is 6.35. The fourth-order valence-electron chi connectivity index (χ4n) is 4.31. The van der Waals surface area contributed by atoms with E-state index < -0.39 is 0 Å². The molecular formula is C24H21N5OS2. The molecule has 4 aromatic heterocycles. The number of fused-ring (bicyclic) bond motifs is 2. The Kier molecular flexibility index (Phi) is 4.41. The number of aromatic nitrogens is 4. The topological polar surface area (TPSA) is 83.6 Å². The lowest BCUT2D eigenvalue weighted by Crippen LogP contribution is -2.11. The molecule has 1 aliphatic rings. The van der Waals surface area contributed by atoms with E-state index >= 15 is 0 Å². The van der Waals surface area contributed by atoms with Crippen LogP contribution in [-0.4, -0.2) is 25.8 Å². The van der Waals surface area contributed by atoms with Crippen LogP contribution < -0.4 is 5.32 Å². The Morgan fingerprint density at radius 3 is 2.75 bits per heavy atom. The minimum Gasteiger partial charge on any atom is -0.358 e. The molecule has 0 aliphatic heterocycles. The average Bonchev–Trinajstić information content (AvgIpc) is 3.30. The van der Waals surface area contributed by atoms with Crippen LogP contribution in [0.2, 0.25) is 0 Å². The molecule has 0 unspecified atom stereocenters. The summed E-state index contributed by atoms with van der Waals surface area (Å²) in [5, 5.41) is 7.72. The third-order valence-electron chi connectivity index (χ3n) is 6.01. The standard InChI is InChI=1S/C24H21N5OS2/c1-11-18-12(2)26-21(14-8-9-14)28-23(18)32-20(11)22(30)29-24-27-17(10-31-24)19-13(3)25-16-7-5-4-6-15(16)19/h4-7,10,14,25H,8-9H2,1-3H3,(H,27,29,30). The van der Waals surface area contributed by atoms with Crippen LogP contribution in [0, 0.1) is 20.8 Å². The number of H-pyrrole nitrogens is 1. The molecule has 160 valence electrons. The Morgan fingerprint density at radius 1 is 1.12 bits per heavy atom. The molecule has 0 atom stereocenters. The van der Waals surface area contributed by atoms with Crippen molar-refractivity contribution in [2.45, 2.75) is 39.5 Å². The number of carbonyl (C=O) groups excluding carboxylic acids is 1. The Bertz CT molecular complexity index is 1520. The molecule has 1 aromatic carbocycles. The van der Waals surface area contributed by atoms with E-state index in [9.17, 15) is 4.79 Å². The zero-order chi connectivity index (χ0) is 22.0. The van der Waals surface area contributed by atoms with E-state index in [0.717, 1.165) is 68.0 Å². The first-order valence-corrected chi connectivity index (χ1v) is 12.3. The maximum absolute atomic E-state index is 13.1. The van der Waals surface area contributed by atoms with Gasteiger partial charge in [-0.05, 0) is 45.2 Å². The number of hydrogen-bond acceptors (Lipinski definition) is 6. The second-order valence-electron chi connectivity index (χ2n) is 8.34. The number of nitrogens with zero attached hydrogens (tertiary/aromatic N) is 3. The van der Waals surface area contributed by atoms with E-state index in [1.807, 2.05) is 38.3 Å². The zero-order valence-electron chi connectivity index (χ0n) is 17.9. The Balaban J connectivity index is 1.32. The molecule has 1 aliphatic carbocycles. The van der Waals surface area contributed by atoms with Crippen LogP contribution in [0.1, 0.15) is 51.2 Å². The largest absolute Gasteiger partial charge is 0.358 e. The molecule has 6 nitrogen and oxygen atoms in total. The van der Waals surface area contributed by atoms with Crippen molar-refractivity contribution in [2.24, 2.45) is 0 Å². The highest BCUT2D eigenvalue weighted by molar-refractivity contribution is 7.21. The lowest BCUT2D eigenvalue weighted by molar-refractivity contribution is 0.103. The quantitative estimate of drug-likeness (QED) is 0.328. The van der Waals surface area contributed by atoms with Gasteiger partial charge in [-0.2, -0.15) is 0 Å². The monoisotopic (exact) mass is 459 g/mol. The van der Waals surface area contributed by atoms with Crippen molar-refractivity contribution in [1.29, 1.82) is 0 Å². The molecule has 8 heteroatoms. The number of rotatable bonds is 4. The number of thiazole rings is 1. The van der Waals surface area contributed by atoms with Crippen LogP contribution in [0.15, 0.2) is 29.6 Å². The van der Waals surface area contributed by atoms with Crippen molar-refractivity contribution in [1.82, 2.24) is 19.9 Å². The summed E-state index contributed by atoms with van der Waals surface area (Å²) in [5.41, 5.74) is 5.98. The van der Waals surface area contributed by atoms with Gasteiger partial charge in [-0.15, -0.1) is 22.7 Å². The second kappa shape index (κ2) is 7.21. The lowest BCUT2D eigenvalue weighted by Gasteiger charge is -2.02. The predicted molar refractivity (Wildman–Crippen MR) is 131 cm³/mol. The highest BCUT2D eigenvalue weighted by Gasteiger charge is 2.28. The van der Waals surface area contributed by atoms with Crippen molar-refractivity contribution < 1.29 is 4.79 Å². The maximum Gasteiger partial charge on any atom is 0.267 e. The van der Waals surface area contributed by atoms with Crippen LogP contribution in [0.5, 0.6) is 0 Å². The molecule has 32 heavy (non-hydrogen) atoms. The Hall–Kier alpha value is -3.10.